The second-order valence-electron chi connectivity index (χ2n) is 4.57. The van der Waals surface area contributed by atoms with Crippen LogP contribution in [0.1, 0.15) is 0 Å². The molecule has 4 heteroatoms. The molecule has 0 radical (unpaired) electrons. The van der Waals surface area contributed by atoms with Crippen LogP contribution >= 0.6 is 0 Å². The number of rotatable bonds is 7. The predicted molar refractivity (Wildman–Crippen MR) is 87.5 cm³/mol. The average molecular weight is 297 g/mol. The number of nitrogens with zero attached hydrogens (tertiary/aromatic N) is 1. The summed E-state index contributed by atoms with van der Waals surface area (Å²) < 4.78 is 10.8. The van der Waals surface area contributed by atoms with Crippen molar-refractivity contribution in [3.8, 4) is 11.5 Å². The fraction of sp³-hybridized carbons (Fsp3) is 0.167. The minimum Gasteiger partial charge on any atom is -0.493 e. The molecule has 1 amide bonds. The summed E-state index contributed by atoms with van der Waals surface area (Å²) in [5.41, 5.74) is 0.816. The molecular formula is C18H19NO3. The van der Waals surface area contributed by atoms with Crippen molar-refractivity contribution in [2.24, 2.45) is 0 Å². The number of hydrogen-bond donors (Lipinski definition) is 0. The highest BCUT2D eigenvalue weighted by Gasteiger charge is 2.15. The van der Waals surface area contributed by atoms with E-state index in [1.165, 1.54) is 0 Å². The molecule has 2 rings (SSSR count). The van der Waals surface area contributed by atoms with Crippen LogP contribution in [0.4, 0.5) is 5.69 Å². The van der Waals surface area contributed by atoms with Gasteiger partial charge in [0.2, 0.25) is 0 Å². The Labute approximate surface area is 130 Å². The van der Waals surface area contributed by atoms with Crippen LogP contribution in [-0.2, 0) is 4.79 Å². The third-order valence-corrected chi connectivity index (χ3v) is 3.10. The molecule has 0 saturated carbocycles. The predicted octanol–water partition coefficient (Wildman–Crippen LogP) is 3.29. The molecule has 0 aliphatic heterocycles. The Bertz CT molecular complexity index is 625. The van der Waals surface area contributed by atoms with Gasteiger partial charge in [-0.25, -0.2) is 0 Å². The van der Waals surface area contributed by atoms with Gasteiger partial charge in [-0.2, -0.15) is 0 Å². The molecular weight excluding hydrogens is 278 g/mol. The maximum Gasteiger partial charge on any atom is 0.265 e. The minimum absolute atomic E-state index is 0.0664. The molecule has 0 bridgehead atoms. The van der Waals surface area contributed by atoms with Crippen molar-refractivity contribution in [3.05, 3.63) is 67.3 Å². The van der Waals surface area contributed by atoms with Gasteiger partial charge in [0.05, 0.1) is 7.11 Å². The molecule has 0 aliphatic rings. The van der Waals surface area contributed by atoms with Crippen molar-refractivity contribution in [1.82, 2.24) is 0 Å². The van der Waals surface area contributed by atoms with Crippen LogP contribution in [0.2, 0.25) is 0 Å². The number of methoxy groups -OCH3 is 1. The molecule has 2 aromatic carbocycles. The molecule has 0 fully saturated rings. The first-order chi connectivity index (χ1) is 10.8. The summed E-state index contributed by atoms with van der Waals surface area (Å²) in [4.78, 5) is 14.0. The van der Waals surface area contributed by atoms with Gasteiger partial charge < -0.3 is 14.4 Å². The standard InChI is InChI=1S/C18H19NO3/c1-3-13-19(15-9-5-4-6-10-15)18(20)14-22-17-12-8-7-11-16(17)21-2/h3-12H,1,13-14H2,2H3. The number of carbonyl (C=O) groups excluding carboxylic acids is 1. The molecule has 0 spiro atoms. The van der Waals surface area contributed by atoms with Crippen LogP contribution in [0.5, 0.6) is 11.5 Å². The van der Waals surface area contributed by atoms with Crippen molar-refractivity contribution in [2.75, 3.05) is 25.2 Å². The first kappa shape index (κ1) is 15.6. The third-order valence-electron chi connectivity index (χ3n) is 3.10. The fourth-order valence-electron chi connectivity index (χ4n) is 2.04. The summed E-state index contributed by atoms with van der Waals surface area (Å²) in [5.74, 6) is 1.01. The molecule has 0 aromatic heterocycles. The number of amides is 1. The summed E-state index contributed by atoms with van der Waals surface area (Å²) in [6.07, 6.45) is 1.69. The summed E-state index contributed by atoms with van der Waals surface area (Å²) >= 11 is 0. The number of ether oxygens (including phenoxy) is 2. The van der Waals surface area contributed by atoms with Crippen LogP contribution in [-0.4, -0.2) is 26.2 Å². The monoisotopic (exact) mass is 297 g/mol. The zero-order chi connectivity index (χ0) is 15.8. The largest absolute Gasteiger partial charge is 0.493 e. The lowest BCUT2D eigenvalue weighted by Crippen LogP contribution is -2.35. The number of para-hydroxylation sites is 3. The van der Waals surface area contributed by atoms with Crippen LogP contribution in [0.25, 0.3) is 0 Å². The van der Waals surface area contributed by atoms with Gasteiger partial charge >= 0.3 is 0 Å². The number of hydrogen-bond acceptors (Lipinski definition) is 3. The van der Waals surface area contributed by atoms with Crippen LogP contribution in [0, 0.1) is 0 Å². The van der Waals surface area contributed by atoms with E-state index < -0.39 is 0 Å². The van der Waals surface area contributed by atoms with E-state index in [2.05, 4.69) is 6.58 Å². The lowest BCUT2D eigenvalue weighted by atomic mass is 10.3. The molecule has 4 nitrogen and oxygen atoms in total. The molecule has 2 aromatic rings. The molecule has 0 aliphatic carbocycles. The number of benzene rings is 2. The molecule has 0 N–H and O–H groups in total. The Hall–Kier alpha value is -2.75. The van der Waals surface area contributed by atoms with Crippen molar-refractivity contribution in [2.45, 2.75) is 0 Å². The Morgan fingerprint density at radius 2 is 1.73 bits per heavy atom. The van der Waals surface area contributed by atoms with Gasteiger partial charge in [0.1, 0.15) is 0 Å². The van der Waals surface area contributed by atoms with E-state index >= 15 is 0 Å². The van der Waals surface area contributed by atoms with E-state index in [4.69, 9.17) is 9.47 Å². The van der Waals surface area contributed by atoms with E-state index in [0.29, 0.717) is 18.0 Å². The zero-order valence-corrected chi connectivity index (χ0v) is 12.6. The van der Waals surface area contributed by atoms with E-state index in [1.54, 1.807) is 30.2 Å². The molecule has 0 saturated heterocycles. The third kappa shape index (κ3) is 3.88. The van der Waals surface area contributed by atoms with Crippen molar-refractivity contribution in [3.63, 3.8) is 0 Å². The number of carbonyl (C=O) groups is 1. The van der Waals surface area contributed by atoms with Gasteiger partial charge in [0, 0.05) is 12.2 Å². The fourth-order valence-corrected chi connectivity index (χ4v) is 2.04. The maximum atomic E-state index is 12.4. The van der Waals surface area contributed by atoms with Crippen LogP contribution in [0.3, 0.4) is 0 Å². The second kappa shape index (κ2) is 7.88. The van der Waals surface area contributed by atoms with Crippen molar-refractivity contribution in [1.29, 1.82) is 0 Å². The van der Waals surface area contributed by atoms with Gasteiger partial charge in [-0.1, -0.05) is 36.4 Å². The quantitative estimate of drug-likeness (QED) is 0.736. The van der Waals surface area contributed by atoms with E-state index in [9.17, 15) is 4.79 Å². The van der Waals surface area contributed by atoms with Gasteiger partial charge in [-0.05, 0) is 24.3 Å². The average Bonchev–Trinajstić information content (AvgIpc) is 2.58. The Balaban J connectivity index is 2.07. The highest BCUT2D eigenvalue weighted by molar-refractivity contribution is 5.94. The lowest BCUT2D eigenvalue weighted by Gasteiger charge is -2.21. The maximum absolute atomic E-state index is 12.4. The molecule has 22 heavy (non-hydrogen) atoms. The molecule has 114 valence electrons. The second-order valence-corrected chi connectivity index (χ2v) is 4.57. The highest BCUT2D eigenvalue weighted by atomic mass is 16.5. The van der Waals surface area contributed by atoms with Crippen LogP contribution in [0.15, 0.2) is 67.3 Å². The van der Waals surface area contributed by atoms with Gasteiger partial charge in [0.15, 0.2) is 18.1 Å². The van der Waals surface area contributed by atoms with E-state index in [1.807, 2.05) is 42.5 Å². The van der Waals surface area contributed by atoms with E-state index in [0.717, 1.165) is 5.69 Å². The smallest absolute Gasteiger partial charge is 0.265 e. The molecule has 0 unspecified atom stereocenters. The van der Waals surface area contributed by atoms with Gasteiger partial charge in [0.25, 0.3) is 5.91 Å². The zero-order valence-electron chi connectivity index (χ0n) is 12.6. The lowest BCUT2D eigenvalue weighted by molar-refractivity contribution is -0.120. The van der Waals surface area contributed by atoms with Crippen molar-refractivity contribution < 1.29 is 14.3 Å². The summed E-state index contributed by atoms with van der Waals surface area (Å²) in [6.45, 7) is 4.06. The first-order valence-electron chi connectivity index (χ1n) is 6.98. The van der Waals surface area contributed by atoms with Gasteiger partial charge in [-0.3, -0.25) is 4.79 Å². The molecule has 0 atom stereocenters. The SMILES string of the molecule is C=CCN(C(=O)COc1ccccc1OC)c1ccccc1. The number of anilines is 1. The summed E-state index contributed by atoms with van der Waals surface area (Å²) in [6, 6.07) is 16.7. The highest BCUT2D eigenvalue weighted by Crippen LogP contribution is 2.25. The van der Waals surface area contributed by atoms with E-state index in [-0.39, 0.29) is 12.5 Å². The minimum atomic E-state index is -0.142. The van der Waals surface area contributed by atoms with Crippen LogP contribution < -0.4 is 14.4 Å². The summed E-state index contributed by atoms with van der Waals surface area (Å²) in [7, 11) is 1.57. The molecule has 0 heterocycles. The summed E-state index contributed by atoms with van der Waals surface area (Å²) in [5, 5.41) is 0. The normalized spacial score (nSPS) is 9.86. The topological polar surface area (TPSA) is 38.8 Å². The Kier molecular flexibility index (Phi) is 5.60. The Morgan fingerprint density at radius 3 is 2.36 bits per heavy atom. The first-order valence-corrected chi connectivity index (χ1v) is 6.98. The Morgan fingerprint density at radius 1 is 1.09 bits per heavy atom. The van der Waals surface area contributed by atoms with Gasteiger partial charge in [-0.15, -0.1) is 6.58 Å². The van der Waals surface area contributed by atoms with Crippen molar-refractivity contribution >= 4 is 11.6 Å².